The second-order valence-corrected chi connectivity index (χ2v) is 5.37. The van der Waals surface area contributed by atoms with E-state index in [1.807, 2.05) is 25.1 Å². The van der Waals surface area contributed by atoms with Gasteiger partial charge in [0, 0.05) is 23.3 Å². The number of nitrogens with zero attached hydrogens (tertiary/aromatic N) is 2. The summed E-state index contributed by atoms with van der Waals surface area (Å²) in [5.41, 5.74) is 0.802. The molecule has 0 aliphatic carbocycles. The van der Waals surface area contributed by atoms with Gasteiger partial charge in [-0.2, -0.15) is 0 Å². The molecule has 0 aliphatic rings. The average molecular weight is 289 g/mol. The predicted octanol–water partition coefficient (Wildman–Crippen LogP) is 3.50. The lowest BCUT2D eigenvalue weighted by Crippen LogP contribution is -2.07. The summed E-state index contributed by atoms with van der Waals surface area (Å²) in [6.07, 6.45) is 1.28. The number of thioether (sulfide) groups is 1. The zero-order valence-electron chi connectivity index (χ0n) is 11.1. The molecule has 0 atom stereocenters. The quantitative estimate of drug-likeness (QED) is 0.381. The minimum atomic E-state index is -0.435. The normalized spacial score (nSPS) is 10.2. The van der Waals surface area contributed by atoms with E-state index in [2.05, 4.69) is 22.4 Å². The van der Waals surface area contributed by atoms with E-state index in [-0.39, 0.29) is 5.69 Å². The van der Waals surface area contributed by atoms with Crippen molar-refractivity contribution in [3.63, 3.8) is 0 Å². The van der Waals surface area contributed by atoms with Crippen LogP contribution in [0.5, 0.6) is 0 Å². The first kappa shape index (κ1) is 14.3. The Balaban J connectivity index is 1.84. The van der Waals surface area contributed by atoms with Gasteiger partial charge in [-0.25, -0.2) is 4.98 Å². The lowest BCUT2D eigenvalue weighted by atomic mass is 10.2. The smallest absolute Gasteiger partial charge is 0.287 e. The summed E-state index contributed by atoms with van der Waals surface area (Å²) < 4.78 is 0. The van der Waals surface area contributed by atoms with Crippen LogP contribution in [0.3, 0.4) is 0 Å². The lowest BCUT2D eigenvalue weighted by Gasteiger charge is -2.07. The molecule has 2 aromatic rings. The molecule has 2 rings (SSSR count). The number of hydrogen-bond donors (Lipinski definition) is 1. The van der Waals surface area contributed by atoms with Crippen molar-refractivity contribution in [2.24, 2.45) is 0 Å². The van der Waals surface area contributed by atoms with Crippen LogP contribution in [-0.2, 0) is 0 Å². The number of nitrogens with one attached hydrogen (secondary N) is 1. The van der Waals surface area contributed by atoms with Gasteiger partial charge in [0.05, 0.1) is 4.92 Å². The summed E-state index contributed by atoms with van der Waals surface area (Å²) in [5.74, 6) is 1.60. The molecule has 0 saturated carbocycles. The number of rotatable bonds is 6. The molecule has 1 N–H and O–H groups in total. The van der Waals surface area contributed by atoms with Crippen LogP contribution in [0.15, 0.2) is 47.5 Å². The molecule has 0 radical (unpaired) electrons. The van der Waals surface area contributed by atoms with E-state index in [9.17, 15) is 10.1 Å². The fourth-order valence-corrected chi connectivity index (χ4v) is 2.49. The van der Waals surface area contributed by atoms with E-state index in [1.54, 1.807) is 11.8 Å². The van der Waals surface area contributed by atoms with Gasteiger partial charge in [0.25, 0.3) is 5.69 Å². The molecule has 6 heteroatoms. The maximum absolute atomic E-state index is 10.6. The van der Waals surface area contributed by atoms with E-state index in [1.165, 1.54) is 17.2 Å². The first-order valence-electron chi connectivity index (χ1n) is 6.19. The number of aromatic nitrogens is 1. The van der Waals surface area contributed by atoms with Gasteiger partial charge in [0.2, 0.25) is 0 Å². The zero-order chi connectivity index (χ0) is 14.4. The monoisotopic (exact) mass is 289 g/mol. The SMILES string of the molecule is Cc1cc([N+](=O)[O-])cnc1NCCSc1ccccc1. The van der Waals surface area contributed by atoms with Crippen LogP contribution >= 0.6 is 11.8 Å². The molecule has 1 aromatic carbocycles. The summed E-state index contributed by atoms with van der Waals surface area (Å²) in [6, 6.07) is 11.7. The van der Waals surface area contributed by atoms with Crippen molar-refractivity contribution < 1.29 is 4.92 Å². The third kappa shape index (κ3) is 3.96. The Kier molecular flexibility index (Phi) is 4.95. The number of benzene rings is 1. The van der Waals surface area contributed by atoms with Gasteiger partial charge in [-0.3, -0.25) is 10.1 Å². The van der Waals surface area contributed by atoms with Crippen LogP contribution in [0, 0.1) is 17.0 Å². The molecule has 5 nitrogen and oxygen atoms in total. The second kappa shape index (κ2) is 6.91. The number of hydrogen-bond acceptors (Lipinski definition) is 5. The van der Waals surface area contributed by atoms with Crippen LogP contribution in [0.25, 0.3) is 0 Å². The van der Waals surface area contributed by atoms with Gasteiger partial charge >= 0.3 is 0 Å². The van der Waals surface area contributed by atoms with E-state index in [4.69, 9.17) is 0 Å². The number of anilines is 1. The van der Waals surface area contributed by atoms with Crippen LogP contribution in [0.1, 0.15) is 5.56 Å². The Morgan fingerprint density at radius 3 is 2.75 bits per heavy atom. The van der Waals surface area contributed by atoms with Crippen molar-refractivity contribution >= 4 is 23.3 Å². The first-order valence-corrected chi connectivity index (χ1v) is 7.18. The molecule has 1 heterocycles. The summed E-state index contributed by atoms with van der Waals surface area (Å²) >= 11 is 1.76. The molecule has 0 aliphatic heterocycles. The summed E-state index contributed by atoms with van der Waals surface area (Å²) in [4.78, 5) is 15.5. The summed E-state index contributed by atoms with van der Waals surface area (Å²) in [5, 5.41) is 13.8. The number of aryl methyl sites for hydroxylation is 1. The highest BCUT2D eigenvalue weighted by atomic mass is 32.2. The van der Waals surface area contributed by atoms with E-state index in [0.29, 0.717) is 5.82 Å². The molecule has 0 bridgehead atoms. The van der Waals surface area contributed by atoms with Crippen molar-refractivity contribution in [1.29, 1.82) is 0 Å². The third-order valence-corrected chi connectivity index (χ3v) is 3.69. The Labute approximate surface area is 121 Å². The van der Waals surface area contributed by atoms with Crippen LogP contribution in [-0.4, -0.2) is 22.2 Å². The Morgan fingerprint density at radius 2 is 2.10 bits per heavy atom. The number of pyridine rings is 1. The second-order valence-electron chi connectivity index (χ2n) is 4.20. The van der Waals surface area contributed by atoms with Crippen LogP contribution < -0.4 is 5.32 Å². The molecule has 20 heavy (non-hydrogen) atoms. The first-order chi connectivity index (χ1) is 9.66. The highest BCUT2D eigenvalue weighted by Gasteiger charge is 2.08. The molecular formula is C14H15N3O2S. The number of nitro groups is 1. The molecule has 0 amide bonds. The van der Waals surface area contributed by atoms with Gasteiger partial charge in [-0.15, -0.1) is 11.8 Å². The Morgan fingerprint density at radius 1 is 1.35 bits per heavy atom. The molecular weight excluding hydrogens is 274 g/mol. The topological polar surface area (TPSA) is 68.1 Å². The highest BCUT2D eigenvalue weighted by Crippen LogP contribution is 2.19. The molecule has 1 aromatic heterocycles. The molecule has 0 unspecified atom stereocenters. The van der Waals surface area contributed by atoms with Gasteiger partial charge in [0.1, 0.15) is 12.0 Å². The minimum absolute atomic E-state index is 0.0201. The van der Waals surface area contributed by atoms with E-state index < -0.39 is 4.92 Å². The molecule has 0 fully saturated rings. The fraction of sp³-hybridized carbons (Fsp3) is 0.214. The fourth-order valence-electron chi connectivity index (χ4n) is 1.70. The van der Waals surface area contributed by atoms with E-state index >= 15 is 0 Å². The molecule has 0 saturated heterocycles. The third-order valence-electron chi connectivity index (χ3n) is 2.68. The van der Waals surface area contributed by atoms with Crippen LogP contribution in [0.2, 0.25) is 0 Å². The molecule has 0 spiro atoms. The minimum Gasteiger partial charge on any atom is -0.369 e. The standard InChI is InChI=1S/C14H15N3O2S/c1-11-9-12(17(18)19)10-16-14(11)15-7-8-20-13-5-3-2-4-6-13/h2-6,9-10H,7-8H2,1H3,(H,15,16). The van der Waals surface area contributed by atoms with Crippen molar-refractivity contribution in [1.82, 2.24) is 4.98 Å². The largest absolute Gasteiger partial charge is 0.369 e. The predicted molar refractivity (Wildman–Crippen MR) is 81.3 cm³/mol. The van der Waals surface area contributed by atoms with Crippen molar-refractivity contribution in [2.45, 2.75) is 11.8 Å². The molecule has 104 valence electrons. The summed E-state index contributed by atoms with van der Waals surface area (Å²) in [6.45, 7) is 2.57. The van der Waals surface area contributed by atoms with Gasteiger partial charge in [-0.1, -0.05) is 18.2 Å². The Bertz CT molecular complexity index is 590. The Hall–Kier alpha value is -2.08. The lowest BCUT2D eigenvalue weighted by molar-refractivity contribution is -0.385. The van der Waals surface area contributed by atoms with E-state index in [0.717, 1.165) is 17.9 Å². The maximum atomic E-state index is 10.6. The average Bonchev–Trinajstić information content (AvgIpc) is 2.46. The van der Waals surface area contributed by atoms with Crippen molar-refractivity contribution in [3.05, 3.63) is 58.3 Å². The zero-order valence-corrected chi connectivity index (χ0v) is 11.9. The van der Waals surface area contributed by atoms with Gasteiger partial charge < -0.3 is 5.32 Å². The highest BCUT2D eigenvalue weighted by molar-refractivity contribution is 7.99. The maximum Gasteiger partial charge on any atom is 0.287 e. The van der Waals surface area contributed by atoms with Crippen molar-refractivity contribution in [3.8, 4) is 0 Å². The van der Waals surface area contributed by atoms with Crippen molar-refractivity contribution in [2.75, 3.05) is 17.6 Å². The van der Waals surface area contributed by atoms with Gasteiger partial charge in [0.15, 0.2) is 0 Å². The summed E-state index contributed by atoms with van der Waals surface area (Å²) in [7, 11) is 0. The van der Waals surface area contributed by atoms with Crippen LogP contribution in [0.4, 0.5) is 11.5 Å². The van der Waals surface area contributed by atoms with Gasteiger partial charge in [-0.05, 0) is 24.6 Å².